The summed E-state index contributed by atoms with van der Waals surface area (Å²) in [5.41, 5.74) is 11.5. The number of nitrogens with zero attached hydrogens (tertiary/aromatic N) is 4. The van der Waals surface area contributed by atoms with Gasteiger partial charge in [-0.3, -0.25) is 0 Å². The highest BCUT2D eigenvalue weighted by molar-refractivity contribution is 5.52. The topological polar surface area (TPSA) is 185 Å². The fourth-order valence-corrected chi connectivity index (χ4v) is 3.64. The molecule has 0 saturated heterocycles. The Morgan fingerprint density at radius 3 is 2.21 bits per heavy atom. The van der Waals surface area contributed by atoms with E-state index in [1.807, 2.05) is 0 Å². The number of aromatic nitrogens is 4. The van der Waals surface area contributed by atoms with Crippen LogP contribution in [0.25, 0.3) is 0 Å². The molecule has 0 aliphatic rings. The molecule has 214 valence electrons. The molecular weight excluding hydrogens is 492 g/mol. The van der Waals surface area contributed by atoms with E-state index < -0.39 is 0 Å². The molecule has 38 heavy (non-hydrogen) atoms. The third kappa shape index (κ3) is 10.7. The van der Waals surface area contributed by atoms with Gasteiger partial charge in [0.05, 0.1) is 45.4 Å². The molecule has 2 heterocycles. The highest BCUT2D eigenvalue weighted by Crippen LogP contribution is 2.25. The summed E-state index contributed by atoms with van der Waals surface area (Å²) in [6.07, 6.45) is 7.62. The lowest BCUT2D eigenvalue weighted by Crippen LogP contribution is -2.29. The smallest absolute Gasteiger partial charge is 0.222 e. The molecule has 0 amide bonds. The van der Waals surface area contributed by atoms with Gasteiger partial charge in [0.25, 0.3) is 0 Å². The fourth-order valence-electron chi connectivity index (χ4n) is 3.64. The van der Waals surface area contributed by atoms with Crippen LogP contribution in [0.5, 0.6) is 11.5 Å². The molecule has 2 aromatic rings. The Labute approximate surface area is 225 Å². The molecule has 0 spiro atoms. The van der Waals surface area contributed by atoms with Crippen LogP contribution >= 0.6 is 0 Å². The molecule has 1 unspecified atom stereocenters. The quantitative estimate of drug-likeness (QED) is 0.123. The lowest BCUT2D eigenvalue weighted by atomic mass is 9.96. The zero-order valence-corrected chi connectivity index (χ0v) is 23.0. The summed E-state index contributed by atoms with van der Waals surface area (Å²) in [6, 6.07) is -0.0409. The molecule has 0 saturated carbocycles. The summed E-state index contributed by atoms with van der Waals surface area (Å²) in [4.78, 5) is 16.5. The van der Waals surface area contributed by atoms with Crippen molar-refractivity contribution in [3.63, 3.8) is 0 Å². The van der Waals surface area contributed by atoms with Gasteiger partial charge in [0.15, 0.2) is 23.1 Å². The van der Waals surface area contributed by atoms with Crippen molar-refractivity contribution in [3.05, 3.63) is 12.4 Å². The Kier molecular flexibility index (Phi) is 14.2. The third-order valence-corrected chi connectivity index (χ3v) is 6.11. The van der Waals surface area contributed by atoms with E-state index in [9.17, 15) is 5.11 Å². The Morgan fingerprint density at radius 1 is 0.921 bits per heavy atom. The summed E-state index contributed by atoms with van der Waals surface area (Å²) < 4.78 is 22.4. The fraction of sp³-hybridized carbons (Fsp3) is 0.680. The number of nitrogens with two attached hydrogens (primary N) is 2. The van der Waals surface area contributed by atoms with Crippen molar-refractivity contribution in [2.24, 2.45) is 5.92 Å². The number of hydrogen-bond donors (Lipinski definition) is 5. The second-order valence-corrected chi connectivity index (χ2v) is 8.96. The Hall–Kier alpha value is -3.16. The van der Waals surface area contributed by atoms with Crippen LogP contribution in [0.15, 0.2) is 12.4 Å². The molecule has 2 rings (SSSR count). The van der Waals surface area contributed by atoms with Gasteiger partial charge in [-0.2, -0.15) is 9.97 Å². The minimum atomic E-state index is -0.141. The van der Waals surface area contributed by atoms with Gasteiger partial charge in [-0.25, -0.2) is 9.97 Å². The number of anilines is 4. The molecule has 0 fully saturated rings. The van der Waals surface area contributed by atoms with Gasteiger partial charge in [0.1, 0.15) is 13.4 Å². The number of rotatable bonds is 20. The number of ether oxygens (including phenoxy) is 4. The predicted octanol–water partition coefficient (Wildman–Crippen LogP) is 2.69. The van der Waals surface area contributed by atoms with Crippen LogP contribution in [-0.4, -0.2) is 77.5 Å². The van der Waals surface area contributed by atoms with E-state index >= 15 is 0 Å². The third-order valence-electron chi connectivity index (χ3n) is 6.11. The number of aliphatic hydroxyl groups excluding tert-OH is 1. The predicted molar refractivity (Wildman–Crippen MR) is 147 cm³/mol. The molecule has 3 atom stereocenters. The molecule has 0 aromatic carbocycles. The summed E-state index contributed by atoms with van der Waals surface area (Å²) in [5.74, 6) is 2.68. The number of methoxy groups -OCH3 is 1. The van der Waals surface area contributed by atoms with E-state index in [0.29, 0.717) is 42.3 Å². The van der Waals surface area contributed by atoms with E-state index in [4.69, 9.17) is 30.4 Å². The molecule has 0 aliphatic carbocycles. The zero-order chi connectivity index (χ0) is 27.8. The van der Waals surface area contributed by atoms with E-state index in [1.54, 1.807) is 13.3 Å². The maximum atomic E-state index is 9.65. The average molecular weight is 537 g/mol. The van der Waals surface area contributed by atoms with Gasteiger partial charge in [0, 0.05) is 6.04 Å². The standard InChI is InChI=1S/C25H44N8O5/c1-5-7-8-18(15-34)30-23-21(14-29-25(27)33-23)38-12-11-37-16-36-10-9-19(17(3)6-2)31-22-20(35-4)13-28-24(26)32-22/h13-14,17-19,34H,5-12,15-16H2,1-4H3,(H3,26,28,31,32)(H3,27,29,30,33)/t17?,18-,19-/m0/s1. The first kappa shape index (κ1) is 31.1. The maximum Gasteiger partial charge on any atom is 0.222 e. The van der Waals surface area contributed by atoms with Crippen LogP contribution in [0.3, 0.4) is 0 Å². The van der Waals surface area contributed by atoms with Crippen LogP contribution in [-0.2, 0) is 9.47 Å². The summed E-state index contributed by atoms with van der Waals surface area (Å²) in [6.45, 7) is 7.60. The molecule has 0 aliphatic heterocycles. The highest BCUT2D eigenvalue weighted by Gasteiger charge is 2.19. The van der Waals surface area contributed by atoms with Crippen molar-refractivity contribution >= 4 is 23.5 Å². The van der Waals surface area contributed by atoms with E-state index in [0.717, 1.165) is 32.1 Å². The number of nitrogen functional groups attached to an aromatic ring is 2. The lowest BCUT2D eigenvalue weighted by molar-refractivity contribution is -0.0620. The van der Waals surface area contributed by atoms with Crippen molar-refractivity contribution in [2.45, 2.75) is 65.0 Å². The first-order valence-corrected chi connectivity index (χ1v) is 13.1. The Balaban J connectivity index is 1.75. The molecule has 7 N–H and O–H groups in total. The normalized spacial score (nSPS) is 13.5. The minimum absolute atomic E-state index is 0.0160. The Morgan fingerprint density at radius 2 is 1.58 bits per heavy atom. The van der Waals surface area contributed by atoms with Gasteiger partial charge in [-0.1, -0.05) is 40.0 Å². The van der Waals surface area contributed by atoms with Gasteiger partial charge in [-0.05, 0) is 18.8 Å². The second-order valence-electron chi connectivity index (χ2n) is 8.96. The average Bonchev–Trinajstić information content (AvgIpc) is 2.92. The Bertz CT molecular complexity index is 939. The van der Waals surface area contributed by atoms with Crippen molar-refractivity contribution < 1.29 is 24.1 Å². The maximum absolute atomic E-state index is 9.65. The first-order chi connectivity index (χ1) is 18.4. The SMILES string of the molecule is CCCC[C@@H](CO)Nc1nc(N)ncc1OCCOCOCC[C@H](Nc1nc(N)ncc1OC)C(C)CC. The van der Waals surface area contributed by atoms with Crippen molar-refractivity contribution in [1.29, 1.82) is 0 Å². The molecule has 0 radical (unpaired) electrons. The number of unbranched alkanes of at least 4 members (excludes halogenated alkanes) is 1. The van der Waals surface area contributed by atoms with Gasteiger partial charge < -0.3 is 46.2 Å². The van der Waals surface area contributed by atoms with E-state index in [2.05, 4.69) is 51.3 Å². The van der Waals surface area contributed by atoms with Crippen molar-refractivity contribution in [3.8, 4) is 11.5 Å². The molecule has 0 bridgehead atoms. The lowest BCUT2D eigenvalue weighted by Gasteiger charge is -2.25. The van der Waals surface area contributed by atoms with Crippen LogP contribution in [0.1, 0.15) is 52.9 Å². The largest absolute Gasteiger partial charge is 0.491 e. The van der Waals surface area contributed by atoms with Crippen molar-refractivity contribution in [2.75, 3.05) is 62.4 Å². The minimum Gasteiger partial charge on any atom is -0.491 e. The second kappa shape index (κ2) is 17.4. The van der Waals surface area contributed by atoms with Crippen LogP contribution < -0.4 is 31.6 Å². The summed E-state index contributed by atoms with van der Waals surface area (Å²) >= 11 is 0. The number of nitrogens with one attached hydrogen (secondary N) is 2. The molecular formula is C25H44N8O5. The van der Waals surface area contributed by atoms with Crippen LogP contribution in [0.4, 0.5) is 23.5 Å². The van der Waals surface area contributed by atoms with Crippen LogP contribution in [0.2, 0.25) is 0 Å². The van der Waals surface area contributed by atoms with E-state index in [1.165, 1.54) is 6.20 Å². The monoisotopic (exact) mass is 536 g/mol. The molecule has 2 aromatic heterocycles. The van der Waals surface area contributed by atoms with Crippen molar-refractivity contribution in [1.82, 2.24) is 19.9 Å². The first-order valence-electron chi connectivity index (χ1n) is 13.1. The highest BCUT2D eigenvalue weighted by atomic mass is 16.7. The molecule has 13 heteroatoms. The van der Waals surface area contributed by atoms with Crippen LogP contribution in [0, 0.1) is 5.92 Å². The summed E-state index contributed by atoms with van der Waals surface area (Å²) in [5, 5.41) is 16.3. The van der Waals surface area contributed by atoms with E-state index in [-0.39, 0.29) is 44.0 Å². The number of hydrogen-bond acceptors (Lipinski definition) is 13. The summed E-state index contributed by atoms with van der Waals surface area (Å²) in [7, 11) is 1.57. The molecule has 13 nitrogen and oxygen atoms in total. The zero-order valence-electron chi connectivity index (χ0n) is 23.0. The van der Waals surface area contributed by atoms with Gasteiger partial charge in [-0.15, -0.1) is 0 Å². The number of aliphatic hydroxyl groups is 1. The van der Waals surface area contributed by atoms with Gasteiger partial charge >= 0.3 is 0 Å². The van der Waals surface area contributed by atoms with Gasteiger partial charge in [0.2, 0.25) is 11.9 Å².